The molecule has 0 radical (unpaired) electrons. The number of hydrogen-bond acceptors (Lipinski definition) is 1. The van der Waals surface area contributed by atoms with Crippen LogP contribution in [0.25, 0.3) is 0 Å². The van der Waals surface area contributed by atoms with Crippen LogP contribution in [0.3, 0.4) is 0 Å². The third-order valence-electron chi connectivity index (χ3n) is 7.70. The summed E-state index contributed by atoms with van der Waals surface area (Å²) in [6.07, 6.45) is 7.42. The highest BCUT2D eigenvalue weighted by Gasteiger charge is 2.58. The van der Waals surface area contributed by atoms with Crippen molar-refractivity contribution in [2.24, 2.45) is 17.3 Å². The molecule has 2 bridgehead atoms. The third kappa shape index (κ3) is 2.64. The van der Waals surface area contributed by atoms with Gasteiger partial charge in [0.15, 0.2) is 0 Å². The van der Waals surface area contributed by atoms with Gasteiger partial charge in [0.2, 0.25) is 0 Å². The van der Waals surface area contributed by atoms with Gasteiger partial charge in [0.1, 0.15) is 0 Å². The van der Waals surface area contributed by atoms with Crippen LogP contribution in [0.2, 0.25) is 0 Å². The van der Waals surface area contributed by atoms with Gasteiger partial charge in [-0.05, 0) is 79.7 Å². The Hall–Kier alpha value is -0.980. The predicted molar refractivity (Wildman–Crippen MR) is 109 cm³/mol. The lowest BCUT2D eigenvalue weighted by Crippen LogP contribution is -2.40. The van der Waals surface area contributed by atoms with Crippen LogP contribution in [0.4, 0.5) is 5.69 Å². The zero-order valence-electron chi connectivity index (χ0n) is 17.2. The van der Waals surface area contributed by atoms with Crippen molar-refractivity contribution < 1.29 is 0 Å². The summed E-state index contributed by atoms with van der Waals surface area (Å²) in [5, 5.41) is 0. The Morgan fingerprint density at radius 1 is 1.00 bits per heavy atom. The first-order valence-electron chi connectivity index (χ1n) is 10.6. The molecule has 3 atom stereocenters. The molecule has 25 heavy (non-hydrogen) atoms. The molecule has 1 aliphatic heterocycles. The second-order valence-corrected chi connectivity index (χ2v) is 10.6. The van der Waals surface area contributed by atoms with Crippen LogP contribution < -0.4 is 4.90 Å². The van der Waals surface area contributed by atoms with E-state index in [2.05, 4.69) is 64.6 Å². The largest absolute Gasteiger partial charge is 0.365 e. The van der Waals surface area contributed by atoms with Crippen molar-refractivity contribution in [1.29, 1.82) is 0 Å². The number of para-hydroxylation sites is 1. The summed E-state index contributed by atoms with van der Waals surface area (Å²) in [6.45, 7) is 15.8. The van der Waals surface area contributed by atoms with Crippen LogP contribution in [0.5, 0.6) is 0 Å². The van der Waals surface area contributed by atoms with Gasteiger partial charge >= 0.3 is 0 Å². The maximum Gasteiger partial charge on any atom is 0.0441 e. The summed E-state index contributed by atoms with van der Waals surface area (Å²) in [5.74, 6) is 3.20. The molecule has 1 aromatic rings. The molecule has 138 valence electrons. The van der Waals surface area contributed by atoms with E-state index in [1.807, 2.05) is 0 Å². The first-order valence-corrected chi connectivity index (χ1v) is 10.6. The minimum Gasteiger partial charge on any atom is -0.365 e. The van der Waals surface area contributed by atoms with E-state index in [0.29, 0.717) is 17.3 Å². The second-order valence-electron chi connectivity index (χ2n) is 10.6. The molecular weight excluding hydrogens is 302 g/mol. The van der Waals surface area contributed by atoms with E-state index in [4.69, 9.17) is 0 Å². The highest BCUT2D eigenvalue weighted by Crippen LogP contribution is 2.63. The zero-order chi connectivity index (χ0) is 18.0. The molecule has 1 aromatic carbocycles. The number of nitrogens with zero attached hydrogens (tertiary/aromatic N) is 1. The van der Waals surface area contributed by atoms with Crippen molar-refractivity contribution in [1.82, 2.24) is 0 Å². The van der Waals surface area contributed by atoms with Gasteiger partial charge < -0.3 is 4.90 Å². The van der Waals surface area contributed by atoms with Gasteiger partial charge in [-0.2, -0.15) is 0 Å². The Morgan fingerprint density at radius 3 is 2.12 bits per heavy atom. The van der Waals surface area contributed by atoms with Gasteiger partial charge in [0, 0.05) is 17.8 Å². The van der Waals surface area contributed by atoms with Gasteiger partial charge in [0.25, 0.3) is 0 Å². The van der Waals surface area contributed by atoms with Crippen LogP contribution in [-0.4, -0.2) is 12.1 Å². The summed E-state index contributed by atoms with van der Waals surface area (Å²) >= 11 is 0. The summed E-state index contributed by atoms with van der Waals surface area (Å²) in [7, 11) is 0. The van der Waals surface area contributed by atoms with Gasteiger partial charge in [0.05, 0.1) is 0 Å². The first-order chi connectivity index (χ1) is 11.7. The minimum atomic E-state index is 0.277. The van der Waals surface area contributed by atoms with Crippen LogP contribution in [0.1, 0.15) is 96.6 Å². The van der Waals surface area contributed by atoms with E-state index in [-0.39, 0.29) is 5.54 Å². The number of fused-ring (bicyclic) bond motifs is 3. The molecule has 0 N–H and O–H groups in total. The molecule has 0 amide bonds. The molecule has 1 spiro atoms. The van der Waals surface area contributed by atoms with Crippen LogP contribution >= 0.6 is 0 Å². The SMILES string of the molecule is CC(C)c1cccc(C(C)C)c1N1CC2(CC3CCC2C3)CC1(C)C. The predicted octanol–water partition coefficient (Wildman–Crippen LogP) is 6.73. The molecule has 1 nitrogen and oxygen atoms in total. The van der Waals surface area contributed by atoms with Crippen molar-refractivity contribution in [3.05, 3.63) is 29.3 Å². The number of benzene rings is 1. The van der Waals surface area contributed by atoms with E-state index in [1.54, 1.807) is 16.8 Å². The number of anilines is 1. The Morgan fingerprint density at radius 2 is 1.64 bits per heavy atom. The highest BCUT2D eigenvalue weighted by atomic mass is 15.2. The van der Waals surface area contributed by atoms with Crippen molar-refractivity contribution in [3.8, 4) is 0 Å². The summed E-state index contributed by atoms with van der Waals surface area (Å²) in [6, 6.07) is 7.05. The highest BCUT2D eigenvalue weighted by molar-refractivity contribution is 5.64. The van der Waals surface area contributed by atoms with E-state index in [0.717, 1.165) is 11.8 Å². The van der Waals surface area contributed by atoms with Crippen molar-refractivity contribution in [2.75, 3.05) is 11.4 Å². The standard InChI is InChI=1S/C24H37N/c1-16(2)20-8-7-9-21(17(3)4)22(20)25-15-24(14-23(25,5)6)13-18-10-11-19(24)12-18/h7-9,16-19H,10-15H2,1-6H3. The van der Waals surface area contributed by atoms with Crippen molar-refractivity contribution in [2.45, 2.75) is 91.0 Å². The van der Waals surface area contributed by atoms with Gasteiger partial charge in [-0.1, -0.05) is 52.3 Å². The Kier molecular flexibility index (Phi) is 4.02. The smallest absolute Gasteiger partial charge is 0.0441 e. The molecule has 2 aliphatic carbocycles. The van der Waals surface area contributed by atoms with E-state index < -0.39 is 0 Å². The average Bonchev–Trinajstić information content (AvgIpc) is 3.18. The topological polar surface area (TPSA) is 3.24 Å². The Balaban J connectivity index is 1.79. The Labute approximate surface area is 155 Å². The number of hydrogen-bond donors (Lipinski definition) is 0. The van der Waals surface area contributed by atoms with Gasteiger partial charge in [-0.25, -0.2) is 0 Å². The van der Waals surface area contributed by atoms with Crippen LogP contribution in [-0.2, 0) is 0 Å². The summed E-state index contributed by atoms with van der Waals surface area (Å²) in [4.78, 5) is 2.85. The second kappa shape index (κ2) is 5.76. The molecule has 3 aliphatic rings. The lowest BCUT2D eigenvalue weighted by Gasteiger charge is -2.38. The molecule has 4 rings (SSSR count). The Bertz CT molecular complexity index is 630. The molecule has 3 fully saturated rings. The summed E-state index contributed by atoms with van der Waals surface area (Å²) in [5.41, 5.74) is 5.57. The summed E-state index contributed by atoms with van der Waals surface area (Å²) < 4.78 is 0. The monoisotopic (exact) mass is 339 g/mol. The first kappa shape index (κ1) is 17.4. The maximum absolute atomic E-state index is 2.85. The molecule has 1 saturated heterocycles. The van der Waals surface area contributed by atoms with Crippen LogP contribution in [0, 0.1) is 17.3 Å². The third-order valence-corrected chi connectivity index (χ3v) is 7.70. The quantitative estimate of drug-likeness (QED) is 0.590. The van der Waals surface area contributed by atoms with Crippen molar-refractivity contribution in [3.63, 3.8) is 0 Å². The molecule has 2 saturated carbocycles. The zero-order valence-corrected chi connectivity index (χ0v) is 17.2. The van der Waals surface area contributed by atoms with Gasteiger partial charge in [-0.15, -0.1) is 0 Å². The fraction of sp³-hybridized carbons (Fsp3) is 0.750. The molecule has 3 unspecified atom stereocenters. The molecule has 1 heterocycles. The van der Waals surface area contributed by atoms with Crippen molar-refractivity contribution >= 4 is 5.69 Å². The lowest BCUT2D eigenvalue weighted by molar-refractivity contribution is 0.179. The van der Waals surface area contributed by atoms with Crippen LogP contribution in [0.15, 0.2) is 18.2 Å². The van der Waals surface area contributed by atoms with E-state index >= 15 is 0 Å². The average molecular weight is 340 g/mol. The fourth-order valence-electron chi connectivity index (χ4n) is 6.72. The fourth-order valence-corrected chi connectivity index (χ4v) is 6.72. The number of rotatable bonds is 3. The van der Waals surface area contributed by atoms with E-state index in [1.165, 1.54) is 38.6 Å². The molecular formula is C24H37N. The van der Waals surface area contributed by atoms with Gasteiger partial charge in [-0.3, -0.25) is 0 Å². The molecule has 0 aromatic heterocycles. The normalized spacial score (nSPS) is 33.4. The molecule has 1 heteroatoms. The lowest BCUT2D eigenvalue weighted by atomic mass is 9.70. The minimum absolute atomic E-state index is 0.277. The van der Waals surface area contributed by atoms with E-state index in [9.17, 15) is 0 Å². The maximum atomic E-state index is 2.85.